The molecule has 1 N–H and O–H groups in total. The molecule has 4 heterocycles. The van der Waals surface area contributed by atoms with Gasteiger partial charge in [-0.25, -0.2) is 4.98 Å². The predicted octanol–water partition coefficient (Wildman–Crippen LogP) is 0.464. The van der Waals surface area contributed by atoms with E-state index in [4.69, 9.17) is 0 Å². The van der Waals surface area contributed by atoms with Crippen LogP contribution in [-0.4, -0.2) is 75.4 Å². The summed E-state index contributed by atoms with van der Waals surface area (Å²) in [7, 11) is 0. The topological polar surface area (TPSA) is 83.4 Å². The fourth-order valence-electron chi connectivity index (χ4n) is 4.01. The van der Waals surface area contributed by atoms with E-state index in [2.05, 4.69) is 19.9 Å². The van der Waals surface area contributed by atoms with Crippen LogP contribution in [0.15, 0.2) is 36.8 Å². The van der Waals surface area contributed by atoms with Crippen molar-refractivity contribution < 1.29 is 9.59 Å². The lowest BCUT2D eigenvalue weighted by Gasteiger charge is -2.35. The number of imidazole rings is 1. The summed E-state index contributed by atoms with van der Waals surface area (Å²) in [5, 5.41) is 2.79. The molecule has 2 amide bonds. The number of hydrogen-bond acceptors (Lipinski definition) is 5. The molecular formula is C20H26N6O2. The molecule has 148 valence electrons. The second kappa shape index (κ2) is 8.52. The van der Waals surface area contributed by atoms with Gasteiger partial charge in [-0.3, -0.25) is 19.5 Å². The van der Waals surface area contributed by atoms with Gasteiger partial charge in [-0.05, 0) is 25.0 Å². The van der Waals surface area contributed by atoms with Crippen LogP contribution in [0.25, 0.3) is 0 Å². The summed E-state index contributed by atoms with van der Waals surface area (Å²) in [6, 6.07) is 5.91. The van der Waals surface area contributed by atoms with Crippen LogP contribution in [0.5, 0.6) is 0 Å². The smallest absolute Gasteiger partial charge is 0.236 e. The largest absolute Gasteiger partial charge is 0.354 e. The fourth-order valence-corrected chi connectivity index (χ4v) is 4.01. The van der Waals surface area contributed by atoms with Crippen molar-refractivity contribution in [2.75, 3.05) is 39.3 Å². The molecular weight excluding hydrogens is 356 g/mol. The molecule has 0 bridgehead atoms. The Morgan fingerprint density at radius 2 is 2.14 bits per heavy atom. The highest BCUT2D eigenvalue weighted by molar-refractivity contribution is 5.82. The Balaban J connectivity index is 1.39. The van der Waals surface area contributed by atoms with Crippen LogP contribution in [0.1, 0.15) is 30.3 Å². The Kier molecular flexibility index (Phi) is 5.66. The van der Waals surface area contributed by atoms with E-state index in [-0.39, 0.29) is 17.7 Å². The van der Waals surface area contributed by atoms with Gasteiger partial charge in [-0.15, -0.1) is 0 Å². The summed E-state index contributed by atoms with van der Waals surface area (Å²) in [5.74, 6) is 1.33. The third kappa shape index (κ3) is 4.39. The first-order valence-corrected chi connectivity index (χ1v) is 9.87. The number of aromatic nitrogens is 3. The number of piperidine rings is 1. The number of hydrogen-bond donors (Lipinski definition) is 1. The summed E-state index contributed by atoms with van der Waals surface area (Å²) in [5.41, 5.74) is 0.994. The number of carbonyl (C=O) groups excluding carboxylic acids is 2. The maximum Gasteiger partial charge on any atom is 0.236 e. The Morgan fingerprint density at radius 1 is 1.21 bits per heavy atom. The lowest BCUT2D eigenvalue weighted by molar-refractivity contribution is -0.135. The third-order valence-electron chi connectivity index (χ3n) is 5.42. The van der Waals surface area contributed by atoms with Gasteiger partial charge in [0.25, 0.3) is 0 Å². The maximum absolute atomic E-state index is 12.8. The number of likely N-dealkylation sites (tertiary alicyclic amines) is 1. The van der Waals surface area contributed by atoms with Crippen LogP contribution < -0.4 is 5.32 Å². The van der Waals surface area contributed by atoms with E-state index < -0.39 is 0 Å². The molecule has 0 unspecified atom stereocenters. The van der Waals surface area contributed by atoms with Gasteiger partial charge in [0.05, 0.1) is 25.3 Å². The van der Waals surface area contributed by atoms with Gasteiger partial charge in [-0.1, -0.05) is 6.07 Å². The molecule has 0 spiro atoms. The number of nitrogens with one attached hydrogen (secondary N) is 1. The van der Waals surface area contributed by atoms with Crippen molar-refractivity contribution in [2.24, 2.45) is 0 Å². The molecule has 0 saturated carbocycles. The highest BCUT2D eigenvalue weighted by atomic mass is 16.2. The number of nitrogens with zero attached hydrogens (tertiary/aromatic N) is 5. The fraction of sp³-hybridized carbons (Fsp3) is 0.500. The van der Waals surface area contributed by atoms with Crippen LogP contribution in [0.4, 0.5) is 0 Å². The van der Waals surface area contributed by atoms with E-state index in [1.807, 2.05) is 40.4 Å². The van der Waals surface area contributed by atoms with E-state index >= 15 is 0 Å². The Morgan fingerprint density at radius 3 is 2.96 bits per heavy atom. The average molecular weight is 382 g/mol. The first-order chi connectivity index (χ1) is 13.7. The van der Waals surface area contributed by atoms with Crippen molar-refractivity contribution in [3.63, 3.8) is 0 Å². The number of piperazine rings is 1. The van der Waals surface area contributed by atoms with Gasteiger partial charge in [0.15, 0.2) is 0 Å². The van der Waals surface area contributed by atoms with Gasteiger partial charge in [0, 0.05) is 50.7 Å². The Bertz CT molecular complexity index is 821. The predicted molar refractivity (Wildman–Crippen MR) is 104 cm³/mol. The van der Waals surface area contributed by atoms with Crippen molar-refractivity contribution in [2.45, 2.75) is 25.3 Å². The second-order valence-corrected chi connectivity index (χ2v) is 7.47. The minimum absolute atomic E-state index is 0.00730. The van der Waals surface area contributed by atoms with Crippen LogP contribution in [-0.2, 0) is 16.1 Å². The first kappa shape index (κ1) is 18.6. The van der Waals surface area contributed by atoms with E-state index in [0.29, 0.717) is 32.7 Å². The molecule has 1 atom stereocenters. The number of amides is 2. The van der Waals surface area contributed by atoms with Gasteiger partial charge in [-0.2, -0.15) is 0 Å². The quantitative estimate of drug-likeness (QED) is 0.813. The molecule has 8 heteroatoms. The zero-order valence-corrected chi connectivity index (χ0v) is 16.0. The number of rotatable bonds is 5. The lowest BCUT2D eigenvalue weighted by atomic mass is 9.97. The number of pyridine rings is 1. The lowest BCUT2D eigenvalue weighted by Crippen LogP contribution is -2.52. The number of carbonyl (C=O) groups is 2. The maximum atomic E-state index is 12.8. The normalized spacial score (nSPS) is 20.8. The molecule has 2 fully saturated rings. The molecule has 28 heavy (non-hydrogen) atoms. The Labute approximate surface area is 164 Å². The van der Waals surface area contributed by atoms with Gasteiger partial charge in [0.1, 0.15) is 5.82 Å². The van der Waals surface area contributed by atoms with E-state index in [0.717, 1.165) is 37.4 Å². The molecule has 0 aliphatic carbocycles. The summed E-state index contributed by atoms with van der Waals surface area (Å²) in [4.78, 5) is 37.2. The zero-order valence-electron chi connectivity index (χ0n) is 16.0. The standard InChI is InChI=1S/C20H26N6O2/c27-18-14-24(10-7-22-18)15-19(28)25-9-3-4-16(12-25)20-23-8-11-26(20)13-17-5-1-2-6-21-17/h1-2,5-6,8,11,16H,3-4,7,9-10,12-15H2,(H,22,27)/t16-/m1/s1. The molecule has 2 aliphatic rings. The molecule has 0 radical (unpaired) electrons. The summed E-state index contributed by atoms with van der Waals surface area (Å²) in [6.45, 7) is 4.08. The summed E-state index contributed by atoms with van der Waals surface area (Å²) < 4.78 is 2.13. The molecule has 0 aromatic carbocycles. The van der Waals surface area contributed by atoms with Crippen molar-refractivity contribution in [1.82, 2.24) is 29.7 Å². The summed E-state index contributed by atoms with van der Waals surface area (Å²) in [6.07, 6.45) is 7.60. The minimum Gasteiger partial charge on any atom is -0.354 e. The van der Waals surface area contributed by atoms with Crippen molar-refractivity contribution >= 4 is 11.8 Å². The molecule has 8 nitrogen and oxygen atoms in total. The molecule has 2 aromatic heterocycles. The van der Waals surface area contributed by atoms with Crippen molar-refractivity contribution in [3.8, 4) is 0 Å². The van der Waals surface area contributed by atoms with Gasteiger partial charge < -0.3 is 14.8 Å². The van der Waals surface area contributed by atoms with Crippen LogP contribution in [0, 0.1) is 0 Å². The van der Waals surface area contributed by atoms with Gasteiger partial charge in [0.2, 0.25) is 11.8 Å². The van der Waals surface area contributed by atoms with Crippen LogP contribution in [0.2, 0.25) is 0 Å². The highest BCUT2D eigenvalue weighted by Gasteiger charge is 2.29. The first-order valence-electron chi connectivity index (χ1n) is 9.87. The average Bonchev–Trinajstić information content (AvgIpc) is 3.17. The molecule has 2 aliphatic heterocycles. The SMILES string of the molecule is O=C1CN(CC(=O)N2CCC[C@@H](c3nccn3Cc3ccccn3)C2)CCN1. The highest BCUT2D eigenvalue weighted by Crippen LogP contribution is 2.26. The van der Waals surface area contributed by atoms with Crippen LogP contribution >= 0.6 is 0 Å². The minimum atomic E-state index is -0.00730. The van der Waals surface area contributed by atoms with E-state index in [1.165, 1.54) is 0 Å². The zero-order chi connectivity index (χ0) is 19.3. The Hall–Kier alpha value is -2.74. The second-order valence-electron chi connectivity index (χ2n) is 7.47. The van der Waals surface area contributed by atoms with Crippen LogP contribution in [0.3, 0.4) is 0 Å². The van der Waals surface area contributed by atoms with Gasteiger partial charge >= 0.3 is 0 Å². The van der Waals surface area contributed by atoms with Crippen molar-refractivity contribution in [3.05, 3.63) is 48.3 Å². The monoisotopic (exact) mass is 382 g/mol. The summed E-state index contributed by atoms with van der Waals surface area (Å²) >= 11 is 0. The molecule has 2 aromatic rings. The van der Waals surface area contributed by atoms with E-state index in [9.17, 15) is 9.59 Å². The molecule has 4 rings (SSSR count). The molecule has 2 saturated heterocycles. The van der Waals surface area contributed by atoms with Crippen molar-refractivity contribution in [1.29, 1.82) is 0 Å². The van der Waals surface area contributed by atoms with E-state index in [1.54, 1.807) is 6.20 Å². The third-order valence-corrected chi connectivity index (χ3v) is 5.42.